The minimum Gasteiger partial charge on any atom is -0.409 e. The molecule has 1 aliphatic rings. The maximum Gasteiger partial charge on any atom is 0.261 e. The van der Waals surface area contributed by atoms with Crippen LogP contribution in [0.2, 0.25) is 0 Å². The van der Waals surface area contributed by atoms with Gasteiger partial charge in [-0.15, -0.1) is 0 Å². The molecule has 1 fully saturated rings. The van der Waals surface area contributed by atoms with Crippen LogP contribution in [0.4, 0.5) is 8.78 Å². The van der Waals surface area contributed by atoms with E-state index in [0.29, 0.717) is 0 Å². The highest BCUT2D eigenvalue weighted by Gasteiger charge is 2.31. The fourth-order valence-corrected chi connectivity index (χ4v) is 2.18. The maximum absolute atomic E-state index is 11.8. The number of oxime groups is 1. The number of halogens is 2. The third-order valence-corrected chi connectivity index (χ3v) is 3.08. The molecule has 0 aromatic rings. The molecule has 2 atom stereocenters. The van der Waals surface area contributed by atoms with Crippen molar-refractivity contribution in [1.82, 2.24) is 5.32 Å². The summed E-state index contributed by atoms with van der Waals surface area (Å²) < 4.78 is 28.2. The minimum absolute atomic E-state index is 0.0200. The van der Waals surface area contributed by atoms with Crippen LogP contribution in [0.25, 0.3) is 0 Å². The topological polar surface area (TPSA) is 96.9 Å². The Morgan fingerprint density at radius 1 is 1.53 bits per heavy atom. The van der Waals surface area contributed by atoms with Gasteiger partial charge in [-0.2, -0.15) is 0 Å². The number of hydrogen-bond donors (Lipinski definition) is 3. The molecule has 0 aromatic carbocycles. The van der Waals surface area contributed by atoms with Crippen molar-refractivity contribution in [2.45, 2.75) is 38.2 Å². The number of nitrogens with two attached hydrogens (primary N) is 1. The molecule has 0 saturated heterocycles. The van der Waals surface area contributed by atoms with Crippen LogP contribution in [0.5, 0.6) is 0 Å². The molecule has 0 bridgehead atoms. The number of hydrogen-bond acceptors (Lipinski definition) is 4. The van der Waals surface area contributed by atoms with Gasteiger partial charge in [0, 0.05) is 18.4 Å². The Labute approximate surface area is 110 Å². The highest BCUT2D eigenvalue weighted by atomic mass is 19.3. The van der Waals surface area contributed by atoms with Gasteiger partial charge in [-0.1, -0.05) is 11.6 Å². The number of ether oxygens (including phenoxy) is 1. The summed E-state index contributed by atoms with van der Waals surface area (Å²) in [6.45, 7) is -0.708. The van der Waals surface area contributed by atoms with Crippen molar-refractivity contribution in [2.75, 3.05) is 13.2 Å². The van der Waals surface area contributed by atoms with E-state index in [4.69, 9.17) is 10.9 Å². The molecule has 6 nitrogen and oxygen atoms in total. The predicted octanol–water partition coefficient (Wildman–Crippen LogP) is 0.689. The maximum atomic E-state index is 11.8. The van der Waals surface area contributed by atoms with Gasteiger partial charge in [0.1, 0.15) is 12.4 Å². The molecular formula is C11H19F2N3O3. The number of amides is 1. The van der Waals surface area contributed by atoms with E-state index < -0.39 is 13.0 Å². The standard InChI is InChI=1S/C11H19F2N3O3/c12-9(13)6-19-5-4-10(17)15-8-3-1-2-7(8)11(14)16-18/h7-9,18H,1-6H2,(H2,14,16)(H,15,17). The molecule has 8 heteroatoms. The molecule has 1 rings (SSSR count). The molecule has 19 heavy (non-hydrogen) atoms. The van der Waals surface area contributed by atoms with E-state index in [2.05, 4.69) is 15.2 Å². The second-order valence-electron chi connectivity index (χ2n) is 4.45. The second kappa shape index (κ2) is 7.88. The molecule has 1 aliphatic carbocycles. The predicted molar refractivity (Wildman–Crippen MR) is 64.1 cm³/mol. The van der Waals surface area contributed by atoms with Crippen LogP contribution >= 0.6 is 0 Å². The summed E-state index contributed by atoms with van der Waals surface area (Å²) in [5, 5.41) is 14.3. The van der Waals surface area contributed by atoms with Crippen LogP contribution in [-0.4, -0.2) is 42.6 Å². The van der Waals surface area contributed by atoms with Crippen LogP contribution < -0.4 is 11.1 Å². The Morgan fingerprint density at radius 3 is 2.89 bits per heavy atom. The summed E-state index contributed by atoms with van der Waals surface area (Å²) in [4.78, 5) is 11.6. The third-order valence-electron chi connectivity index (χ3n) is 3.08. The summed E-state index contributed by atoms with van der Waals surface area (Å²) in [5.41, 5.74) is 5.54. The Morgan fingerprint density at radius 2 is 2.26 bits per heavy atom. The van der Waals surface area contributed by atoms with E-state index in [1.54, 1.807) is 0 Å². The zero-order chi connectivity index (χ0) is 14.3. The van der Waals surface area contributed by atoms with Crippen molar-refractivity contribution in [2.24, 2.45) is 16.8 Å². The Hall–Kier alpha value is -1.44. The van der Waals surface area contributed by atoms with E-state index in [-0.39, 0.29) is 36.7 Å². The molecule has 0 heterocycles. The quantitative estimate of drug-likeness (QED) is 0.210. The molecular weight excluding hydrogens is 260 g/mol. The van der Waals surface area contributed by atoms with E-state index in [0.717, 1.165) is 19.3 Å². The number of alkyl halides is 2. The van der Waals surface area contributed by atoms with Crippen molar-refractivity contribution in [3.8, 4) is 0 Å². The molecule has 1 saturated carbocycles. The summed E-state index contributed by atoms with van der Waals surface area (Å²) >= 11 is 0. The van der Waals surface area contributed by atoms with E-state index >= 15 is 0 Å². The van der Waals surface area contributed by atoms with Crippen molar-refractivity contribution >= 4 is 11.7 Å². The van der Waals surface area contributed by atoms with Crippen molar-refractivity contribution in [3.63, 3.8) is 0 Å². The first-order chi connectivity index (χ1) is 9.04. The molecule has 1 amide bonds. The Bertz CT molecular complexity index is 326. The molecule has 2 unspecified atom stereocenters. The lowest BCUT2D eigenvalue weighted by Gasteiger charge is -2.19. The van der Waals surface area contributed by atoms with Gasteiger partial charge in [0.15, 0.2) is 0 Å². The summed E-state index contributed by atoms with van der Waals surface area (Å²) in [5.74, 6) is -0.343. The fourth-order valence-electron chi connectivity index (χ4n) is 2.18. The average molecular weight is 279 g/mol. The third kappa shape index (κ3) is 5.37. The van der Waals surface area contributed by atoms with Gasteiger partial charge in [-0.25, -0.2) is 8.78 Å². The molecule has 0 aliphatic heterocycles. The van der Waals surface area contributed by atoms with E-state index in [1.807, 2.05) is 0 Å². The van der Waals surface area contributed by atoms with Gasteiger partial charge < -0.3 is 21.0 Å². The molecule has 0 spiro atoms. The Balaban J connectivity index is 2.27. The molecule has 4 N–H and O–H groups in total. The van der Waals surface area contributed by atoms with Crippen LogP contribution in [0.15, 0.2) is 5.16 Å². The first kappa shape index (κ1) is 15.6. The second-order valence-corrected chi connectivity index (χ2v) is 4.45. The van der Waals surface area contributed by atoms with Crippen molar-refractivity contribution in [3.05, 3.63) is 0 Å². The summed E-state index contributed by atoms with van der Waals surface area (Å²) in [7, 11) is 0. The number of carbonyl (C=O) groups is 1. The van der Waals surface area contributed by atoms with Crippen LogP contribution in [0.1, 0.15) is 25.7 Å². The number of nitrogens with one attached hydrogen (secondary N) is 1. The zero-order valence-electron chi connectivity index (χ0n) is 10.5. The first-order valence-corrected chi connectivity index (χ1v) is 6.17. The van der Waals surface area contributed by atoms with Gasteiger partial charge in [0.2, 0.25) is 5.91 Å². The molecule has 0 aromatic heterocycles. The number of amidine groups is 1. The number of carbonyl (C=O) groups excluding carboxylic acids is 1. The van der Waals surface area contributed by atoms with Crippen LogP contribution in [0.3, 0.4) is 0 Å². The number of rotatable bonds is 7. The minimum atomic E-state index is -2.53. The summed E-state index contributed by atoms with van der Waals surface area (Å²) in [6.07, 6.45) is -0.115. The van der Waals surface area contributed by atoms with Gasteiger partial charge in [-0.3, -0.25) is 4.79 Å². The van der Waals surface area contributed by atoms with Gasteiger partial charge in [-0.05, 0) is 12.8 Å². The smallest absolute Gasteiger partial charge is 0.261 e. The Kier molecular flexibility index (Phi) is 6.48. The van der Waals surface area contributed by atoms with Gasteiger partial charge >= 0.3 is 0 Å². The lowest BCUT2D eigenvalue weighted by atomic mass is 10.0. The van der Waals surface area contributed by atoms with Crippen molar-refractivity contribution < 1.29 is 23.5 Å². The normalized spacial score (nSPS) is 23.8. The molecule has 0 radical (unpaired) electrons. The fraction of sp³-hybridized carbons (Fsp3) is 0.818. The SMILES string of the molecule is NC(=NO)C1CCCC1NC(=O)CCOCC(F)F. The molecule has 110 valence electrons. The van der Waals surface area contributed by atoms with Crippen LogP contribution in [-0.2, 0) is 9.53 Å². The highest BCUT2D eigenvalue weighted by molar-refractivity contribution is 5.84. The average Bonchev–Trinajstić information content (AvgIpc) is 2.81. The lowest BCUT2D eigenvalue weighted by Crippen LogP contribution is -2.42. The van der Waals surface area contributed by atoms with E-state index in [9.17, 15) is 13.6 Å². The van der Waals surface area contributed by atoms with E-state index in [1.165, 1.54) is 0 Å². The number of nitrogens with zero attached hydrogens (tertiary/aromatic N) is 1. The zero-order valence-corrected chi connectivity index (χ0v) is 10.5. The summed E-state index contributed by atoms with van der Waals surface area (Å²) in [6, 6.07) is -0.168. The highest BCUT2D eigenvalue weighted by Crippen LogP contribution is 2.25. The van der Waals surface area contributed by atoms with Gasteiger partial charge in [0.25, 0.3) is 6.43 Å². The first-order valence-electron chi connectivity index (χ1n) is 6.17. The lowest BCUT2D eigenvalue weighted by molar-refractivity contribution is -0.123. The largest absolute Gasteiger partial charge is 0.409 e. The van der Waals surface area contributed by atoms with Crippen LogP contribution in [0, 0.1) is 5.92 Å². The van der Waals surface area contributed by atoms with Crippen molar-refractivity contribution in [1.29, 1.82) is 0 Å². The monoisotopic (exact) mass is 279 g/mol. The van der Waals surface area contributed by atoms with Gasteiger partial charge in [0.05, 0.1) is 6.61 Å².